The minimum Gasteiger partial charge on any atom is -0.481 e. The molecule has 3 rings (SSSR count). The van der Waals surface area contributed by atoms with Crippen LogP contribution in [0, 0.1) is 5.92 Å². The van der Waals surface area contributed by atoms with Crippen LogP contribution in [0.2, 0.25) is 0 Å². The molecular formula is C21H23NO5. The molecule has 1 aromatic heterocycles. The normalized spacial score (nSPS) is 16.3. The topological polar surface area (TPSA) is 85.7 Å². The van der Waals surface area contributed by atoms with Gasteiger partial charge in [-0.3, -0.25) is 4.79 Å². The molecule has 142 valence electrons. The van der Waals surface area contributed by atoms with Crippen molar-refractivity contribution in [3.05, 3.63) is 53.3 Å². The number of carboxylic acid groups (broad SMARTS) is 1. The summed E-state index contributed by atoms with van der Waals surface area (Å²) in [4.78, 5) is 27.5. The maximum absolute atomic E-state index is 12.2. The minimum atomic E-state index is -0.761. The zero-order valence-electron chi connectivity index (χ0n) is 15.7. The molecule has 1 aliphatic carbocycles. The van der Waals surface area contributed by atoms with E-state index in [0.717, 1.165) is 17.5 Å². The third-order valence-corrected chi connectivity index (χ3v) is 4.33. The van der Waals surface area contributed by atoms with Crippen molar-refractivity contribution >= 4 is 11.9 Å². The lowest BCUT2D eigenvalue weighted by Gasteiger charge is -2.22. The van der Waals surface area contributed by atoms with Gasteiger partial charge in [0.25, 0.3) is 0 Å². The van der Waals surface area contributed by atoms with E-state index in [2.05, 4.69) is 4.98 Å². The van der Waals surface area contributed by atoms with Gasteiger partial charge >= 0.3 is 11.9 Å². The monoisotopic (exact) mass is 369 g/mol. The zero-order chi connectivity index (χ0) is 19.6. The van der Waals surface area contributed by atoms with Crippen LogP contribution in [0.3, 0.4) is 0 Å². The van der Waals surface area contributed by atoms with Gasteiger partial charge in [-0.2, -0.15) is 0 Å². The van der Waals surface area contributed by atoms with Crippen molar-refractivity contribution in [3.63, 3.8) is 0 Å². The Morgan fingerprint density at radius 2 is 1.85 bits per heavy atom. The first-order chi connectivity index (χ1) is 12.7. The summed E-state index contributed by atoms with van der Waals surface area (Å²) in [6.45, 7) is 5.38. The van der Waals surface area contributed by atoms with Gasteiger partial charge in [0.1, 0.15) is 17.1 Å². The summed E-state index contributed by atoms with van der Waals surface area (Å²) >= 11 is 0. The number of benzene rings is 1. The van der Waals surface area contributed by atoms with Crippen LogP contribution in [0.1, 0.15) is 48.8 Å². The fourth-order valence-electron chi connectivity index (χ4n) is 3.06. The van der Waals surface area contributed by atoms with Crippen molar-refractivity contribution in [2.75, 3.05) is 0 Å². The summed E-state index contributed by atoms with van der Waals surface area (Å²) in [6.07, 6.45) is 3.41. The van der Waals surface area contributed by atoms with E-state index in [-0.39, 0.29) is 11.6 Å². The number of carbonyl (C=O) groups is 2. The number of pyridine rings is 1. The Bertz CT molecular complexity index is 869. The first kappa shape index (κ1) is 18.9. The number of hydrogen-bond donors (Lipinski definition) is 1. The van der Waals surface area contributed by atoms with E-state index < -0.39 is 17.5 Å². The molecule has 1 atom stereocenters. The van der Waals surface area contributed by atoms with E-state index in [1.54, 1.807) is 26.8 Å². The van der Waals surface area contributed by atoms with Crippen LogP contribution in [-0.4, -0.2) is 27.6 Å². The molecule has 2 aromatic rings. The molecule has 27 heavy (non-hydrogen) atoms. The van der Waals surface area contributed by atoms with E-state index >= 15 is 0 Å². The first-order valence-electron chi connectivity index (χ1n) is 8.93. The van der Waals surface area contributed by atoms with Crippen molar-refractivity contribution in [1.82, 2.24) is 4.98 Å². The van der Waals surface area contributed by atoms with E-state index in [9.17, 15) is 14.7 Å². The number of esters is 1. The molecule has 0 saturated carbocycles. The third-order valence-electron chi connectivity index (χ3n) is 4.33. The third kappa shape index (κ3) is 4.84. The lowest BCUT2D eigenvalue weighted by molar-refractivity contribution is -0.142. The molecule has 1 unspecified atom stereocenters. The highest BCUT2D eigenvalue weighted by molar-refractivity contribution is 5.87. The second-order valence-electron chi connectivity index (χ2n) is 7.69. The fraction of sp³-hybridized carbons (Fsp3) is 0.381. The van der Waals surface area contributed by atoms with Gasteiger partial charge in [0.05, 0.1) is 5.92 Å². The maximum atomic E-state index is 12.2. The number of aliphatic carboxylic acids is 1. The molecule has 6 nitrogen and oxygen atoms in total. The van der Waals surface area contributed by atoms with Gasteiger partial charge in [-0.05, 0) is 69.4 Å². The lowest BCUT2D eigenvalue weighted by atomic mass is 9.84. The molecule has 0 amide bonds. The van der Waals surface area contributed by atoms with Gasteiger partial charge < -0.3 is 14.6 Å². The Morgan fingerprint density at radius 1 is 1.11 bits per heavy atom. The molecule has 6 heteroatoms. The zero-order valence-corrected chi connectivity index (χ0v) is 15.7. The van der Waals surface area contributed by atoms with Crippen LogP contribution >= 0.6 is 0 Å². The molecule has 1 aromatic carbocycles. The van der Waals surface area contributed by atoms with Gasteiger partial charge in [0.2, 0.25) is 0 Å². The molecule has 0 saturated heterocycles. The van der Waals surface area contributed by atoms with Gasteiger partial charge in [-0.1, -0.05) is 6.07 Å². The molecule has 1 heterocycles. The molecular weight excluding hydrogens is 346 g/mol. The molecule has 0 radical (unpaired) electrons. The van der Waals surface area contributed by atoms with Crippen molar-refractivity contribution < 1.29 is 24.2 Å². The highest BCUT2D eigenvalue weighted by Gasteiger charge is 2.24. The standard InChI is InChI=1S/C21H23NO5/c1-21(2,3)27-20(25)18-12-17(8-9-22-18)26-16-7-6-13-4-5-14(19(23)24)10-15(13)11-16/h6-9,11-12,14H,4-5,10H2,1-3H3,(H,23,24). The van der Waals surface area contributed by atoms with Crippen LogP contribution in [0.4, 0.5) is 0 Å². The lowest BCUT2D eigenvalue weighted by Crippen LogP contribution is -2.24. The quantitative estimate of drug-likeness (QED) is 0.819. The largest absolute Gasteiger partial charge is 0.481 e. The summed E-state index contributed by atoms with van der Waals surface area (Å²) in [5, 5.41) is 9.25. The Morgan fingerprint density at radius 3 is 2.56 bits per heavy atom. The van der Waals surface area contributed by atoms with Gasteiger partial charge in [0, 0.05) is 12.3 Å². The van der Waals surface area contributed by atoms with Crippen molar-refractivity contribution in [3.8, 4) is 11.5 Å². The molecule has 0 aliphatic heterocycles. The number of ether oxygens (including phenoxy) is 2. The number of nitrogens with zero attached hydrogens (tertiary/aromatic N) is 1. The number of aromatic nitrogens is 1. The number of rotatable bonds is 4. The smallest absolute Gasteiger partial charge is 0.357 e. The molecule has 0 spiro atoms. The summed E-state index contributed by atoms with van der Waals surface area (Å²) in [6, 6.07) is 8.89. The average Bonchev–Trinajstić information content (AvgIpc) is 2.60. The number of carbonyl (C=O) groups excluding carboxylic acids is 1. The van der Waals surface area contributed by atoms with Gasteiger partial charge in [0.15, 0.2) is 5.69 Å². The van der Waals surface area contributed by atoms with Crippen molar-refractivity contribution in [1.29, 1.82) is 0 Å². The van der Waals surface area contributed by atoms with Crippen LogP contribution in [0.5, 0.6) is 11.5 Å². The Kier molecular flexibility index (Phi) is 5.17. The molecule has 0 bridgehead atoms. The van der Waals surface area contributed by atoms with Crippen molar-refractivity contribution in [2.45, 2.75) is 45.6 Å². The van der Waals surface area contributed by atoms with Crippen LogP contribution in [0.15, 0.2) is 36.5 Å². The van der Waals surface area contributed by atoms with Crippen molar-refractivity contribution in [2.24, 2.45) is 5.92 Å². The predicted octanol–water partition coefficient (Wildman–Crippen LogP) is 4.02. The van der Waals surface area contributed by atoms with E-state index in [0.29, 0.717) is 24.3 Å². The van der Waals surface area contributed by atoms with Gasteiger partial charge in [-0.15, -0.1) is 0 Å². The van der Waals surface area contributed by atoms with Crippen LogP contribution in [-0.2, 0) is 22.4 Å². The Labute approximate surface area is 158 Å². The highest BCUT2D eigenvalue weighted by Crippen LogP contribution is 2.31. The molecule has 0 fully saturated rings. The maximum Gasteiger partial charge on any atom is 0.357 e. The highest BCUT2D eigenvalue weighted by atomic mass is 16.6. The average molecular weight is 369 g/mol. The van der Waals surface area contributed by atoms with E-state index in [4.69, 9.17) is 9.47 Å². The summed E-state index contributed by atoms with van der Waals surface area (Å²) < 4.78 is 11.2. The molecule has 1 aliphatic rings. The van der Waals surface area contributed by atoms with Crippen LogP contribution < -0.4 is 4.74 Å². The second kappa shape index (κ2) is 7.39. The number of hydrogen-bond acceptors (Lipinski definition) is 5. The minimum absolute atomic E-state index is 0.173. The van der Waals surface area contributed by atoms with Crippen LogP contribution in [0.25, 0.3) is 0 Å². The predicted molar refractivity (Wildman–Crippen MR) is 99.1 cm³/mol. The summed E-state index contributed by atoms with van der Waals surface area (Å²) in [5.41, 5.74) is 1.72. The number of aryl methyl sites for hydroxylation is 1. The summed E-state index contributed by atoms with van der Waals surface area (Å²) in [7, 11) is 0. The second-order valence-corrected chi connectivity index (χ2v) is 7.69. The number of carboxylic acids is 1. The SMILES string of the molecule is CC(C)(C)OC(=O)c1cc(Oc2ccc3c(c2)CC(C(=O)O)CC3)ccn1. The Hall–Kier alpha value is -2.89. The van der Waals surface area contributed by atoms with E-state index in [1.165, 1.54) is 12.3 Å². The fourth-order valence-corrected chi connectivity index (χ4v) is 3.06. The Balaban J connectivity index is 1.76. The molecule has 1 N–H and O–H groups in total. The summed E-state index contributed by atoms with van der Waals surface area (Å²) in [5.74, 6) is -0.559. The van der Waals surface area contributed by atoms with E-state index in [1.807, 2.05) is 18.2 Å². The van der Waals surface area contributed by atoms with Gasteiger partial charge in [-0.25, -0.2) is 9.78 Å². The first-order valence-corrected chi connectivity index (χ1v) is 8.93. The number of fused-ring (bicyclic) bond motifs is 1.